The summed E-state index contributed by atoms with van der Waals surface area (Å²) in [6.45, 7) is 2.59. The molecule has 1 aromatic carbocycles. The molecule has 0 atom stereocenters. The molecule has 3 N–H and O–H groups in total. The Balaban J connectivity index is 2.13. The van der Waals surface area contributed by atoms with Crippen molar-refractivity contribution in [1.82, 2.24) is 0 Å². The van der Waals surface area contributed by atoms with Gasteiger partial charge in [0.2, 0.25) is 5.91 Å². The highest BCUT2D eigenvalue weighted by atomic mass is 16.5. The second-order valence-corrected chi connectivity index (χ2v) is 4.76. The van der Waals surface area contributed by atoms with E-state index in [1.54, 1.807) is 7.11 Å². The summed E-state index contributed by atoms with van der Waals surface area (Å²) in [5.74, 6) is 0.345. The molecule has 19 heavy (non-hydrogen) atoms. The molecule has 2 rings (SSSR count). The van der Waals surface area contributed by atoms with Crippen LogP contribution in [0.15, 0.2) is 24.3 Å². The molecule has 1 aromatic rings. The fourth-order valence-electron chi connectivity index (χ4n) is 2.44. The summed E-state index contributed by atoms with van der Waals surface area (Å²) in [7, 11) is 1.60. The number of rotatable bonds is 6. The lowest BCUT2D eigenvalue weighted by atomic mass is 9.73. The maximum Gasteiger partial charge on any atom is 0.243 e. The van der Waals surface area contributed by atoms with Gasteiger partial charge in [0, 0.05) is 19.4 Å². The van der Waals surface area contributed by atoms with Crippen LogP contribution >= 0.6 is 0 Å². The summed E-state index contributed by atoms with van der Waals surface area (Å²) >= 11 is 0. The van der Waals surface area contributed by atoms with Gasteiger partial charge in [-0.25, -0.2) is 0 Å². The number of hydrogen-bond acceptors (Lipinski definition) is 4. The van der Waals surface area contributed by atoms with Gasteiger partial charge in [-0.05, 0) is 19.1 Å². The van der Waals surface area contributed by atoms with Crippen LogP contribution < -0.4 is 15.8 Å². The number of para-hydroxylation sites is 2. The minimum atomic E-state index is -0.728. The summed E-state index contributed by atoms with van der Waals surface area (Å²) in [6.07, 6.45) is 1.28. The smallest absolute Gasteiger partial charge is 0.243 e. The third kappa shape index (κ3) is 2.66. The molecule has 1 aliphatic rings. The van der Waals surface area contributed by atoms with Crippen molar-refractivity contribution in [2.45, 2.75) is 31.4 Å². The molecule has 5 heteroatoms. The van der Waals surface area contributed by atoms with Crippen LogP contribution in [0.4, 0.5) is 5.69 Å². The molecular formula is C14H20N2O3. The summed E-state index contributed by atoms with van der Waals surface area (Å²) in [4.78, 5) is 11.7. The van der Waals surface area contributed by atoms with E-state index in [0.29, 0.717) is 25.2 Å². The SMILES string of the molecule is CCOC1CC(Nc2ccccc2OC)(C(N)=O)C1. The number of ether oxygens (including phenoxy) is 2. The van der Waals surface area contributed by atoms with E-state index in [1.807, 2.05) is 31.2 Å². The fraction of sp³-hybridized carbons (Fsp3) is 0.500. The number of carbonyl (C=O) groups excluding carboxylic acids is 1. The largest absolute Gasteiger partial charge is 0.495 e. The second-order valence-electron chi connectivity index (χ2n) is 4.76. The Morgan fingerprint density at radius 1 is 1.47 bits per heavy atom. The Morgan fingerprint density at radius 3 is 2.74 bits per heavy atom. The zero-order chi connectivity index (χ0) is 13.9. The molecule has 0 radical (unpaired) electrons. The van der Waals surface area contributed by atoms with E-state index in [0.717, 1.165) is 5.69 Å². The van der Waals surface area contributed by atoms with Gasteiger partial charge < -0.3 is 20.5 Å². The maximum absolute atomic E-state index is 11.7. The Labute approximate surface area is 113 Å². The third-order valence-corrected chi connectivity index (χ3v) is 3.51. The number of carbonyl (C=O) groups is 1. The molecule has 0 aromatic heterocycles. The quantitative estimate of drug-likeness (QED) is 0.817. The molecule has 0 heterocycles. The Hall–Kier alpha value is -1.75. The lowest BCUT2D eigenvalue weighted by Gasteiger charge is -2.45. The van der Waals surface area contributed by atoms with Crippen molar-refractivity contribution in [1.29, 1.82) is 0 Å². The van der Waals surface area contributed by atoms with Gasteiger partial charge in [0.25, 0.3) is 0 Å². The van der Waals surface area contributed by atoms with Crippen molar-refractivity contribution in [3.05, 3.63) is 24.3 Å². The first-order valence-electron chi connectivity index (χ1n) is 6.44. The van der Waals surface area contributed by atoms with Gasteiger partial charge in [-0.1, -0.05) is 12.1 Å². The Kier molecular flexibility index (Phi) is 3.95. The minimum Gasteiger partial charge on any atom is -0.495 e. The molecule has 0 bridgehead atoms. The van der Waals surface area contributed by atoms with Crippen LogP contribution in [0, 0.1) is 0 Å². The molecule has 0 unspecified atom stereocenters. The number of anilines is 1. The number of nitrogens with one attached hydrogen (secondary N) is 1. The Morgan fingerprint density at radius 2 is 2.16 bits per heavy atom. The molecule has 1 saturated carbocycles. The molecule has 0 saturated heterocycles. The number of nitrogens with two attached hydrogens (primary N) is 1. The molecule has 104 valence electrons. The van der Waals surface area contributed by atoms with Crippen molar-refractivity contribution >= 4 is 11.6 Å². The average Bonchev–Trinajstić information content (AvgIpc) is 2.36. The molecular weight excluding hydrogens is 244 g/mol. The van der Waals surface area contributed by atoms with Crippen molar-refractivity contribution in [2.24, 2.45) is 5.73 Å². The third-order valence-electron chi connectivity index (χ3n) is 3.51. The van der Waals surface area contributed by atoms with E-state index in [2.05, 4.69) is 5.32 Å². The van der Waals surface area contributed by atoms with E-state index < -0.39 is 5.54 Å². The van der Waals surface area contributed by atoms with Gasteiger partial charge in [0.15, 0.2) is 0 Å². The second kappa shape index (κ2) is 5.48. The van der Waals surface area contributed by atoms with Gasteiger partial charge in [0.05, 0.1) is 18.9 Å². The number of hydrogen-bond donors (Lipinski definition) is 2. The predicted molar refractivity (Wildman–Crippen MR) is 73.2 cm³/mol. The lowest BCUT2D eigenvalue weighted by molar-refractivity contribution is -0.131. The van der Waals surface area contributed by atoms with Gasteiger partial charge in [-0.2, -0.15) is 0 Å². The number of amides is 1. The zero-order valence-electron chi connectivity index (χ0n) is 11.3. The molecule has 0 aliphatic heterocycles. The van der Waals surface area contributed by atoms with Crippen LogP contribution in [-0.2, 0) is 9.53 Å². The van der Waals surface area contributed by atoms with E-state index >= 15 is 0 Å². The van der Waals surface area contributed by atoms with E-state index in [1.165, 1.54) is 0 Å². The van der Waals surface area contributed by atoms with Crippen LogP contribution in [-0.4, -0.2) is 31.3 Å². The Bertz CT molecular complexity index is 456. The first-order chi connectivity index (χ1) is 9.11. The number of methoxy groups -OCH3 is 1. The molecule has 5 nitrogen and oxygen atoms in total. The van der Waals surface area contributed by atoms with Crippen LogP contribution in [0.3, 0.4) is 0 Å². The highest BCUT2D eigenvalue weighted by Gasteiger charge is 2.50. The topological polar surface area (TPSA) is 73.6 Å². The predicted octanol–water partition coefficient (Wildman–Crippen LogP) is 1.53. The highest BCUT2D eigenvalue weighted by molar-refractivity contribution is 5.90. The van der Waals surface area contributed by atoms with Gasteiger partial charge >= 0.3 is 0 Å². The van der Waals surface area contributed by atoms with Crippen LogP contribution in [0.2, 0.25) is 0 Å². The highest BCUT2D eigenvalue weighted by Crippen LogP contribution is 2.39. The number of primary amides is 1. The van der Waals surface area contributed by atoms with Gasteiger partial charge in [-0.15, -0.1) is 0 Å². The normalized spacial score (nSPS) is 25.5. The first kappa shape index (κ1) is 13.7. The van der Waals surface area contributed by atoms with Crippen LogP contribution in [0.5, 0.6) is 5.75 Å². The van der Waals surface area contributed by atoms with E-state index in [4.69, 9.17) is 15.2 Å². The molecule has 1 amide bonds. The van der Waals surface area contributed by atoms with Crippen molar-refractivity contribution < 1.29 is 14.3 Å². The monoisotopic (exact) mass is 264 g/mol. The molecule has 1 fully saturated rings. The standard InChI is InChI=1S/C14H20N2O3/c1-3-19-10-8-14(9-10,13(15)17)16-11-6-4-5-7-12(11)18-2/h4-7,10,16H,3,8-9H2,1-2H3,(H2,15,17). The van der Waals surface area contributed by atoms with Crippen LogP contribution in [0.25, 0.3) is 0 Å². The van der Waals surface area contributed by atoms with Crippen molar-refractivity contribution in [3.8, 4) is 5.75 Å². The summed E-state index contributed by atoms with van der Waals surface area (Å²) in [6, 6.07) is 7.48. The van der Waals surface area contributed by atoms with Crippen molar-refractivity contribution in [3.63, 3.8) is 0 Å². The van der Waals surface area contributed by atoms with Crippen molar-refractivity contribution in [2.75, 3.05) is 19.0 Å². The summed E-state index contributed by atoms with van der Waals surface area (Å²) in [5, 5.41) is 3.22. The van der Waals surface area contributed by atoms with E-state index in [-0.39, 0.29) is 12.0 Å². The van der Waals surface area contributed by atoms with E-state index in [9.17, 15) is 4.79 Å². The minimum absolute atomic E-state index is 0.0970. The molecule has 1 aliphatic carbocycles. The van der Waals surface area contributed by atoms with Gasteiger partial charge in [-0.3, -0.25) is 4.79 Å². The zero-order valence-corrected chi connectivity index (χ0v) is 11.3. The lowest BCUT2D eigenvalue weighted by Crippen LogP contribution is -2.62. The molecule has 0 spiro atoms. The first-order valence-corrected chi connectivity index (χ1v) is 6.44. The maximum atomic E-state index is 11.7. The van der Waals surface area contributed by atoms with Crippen LogP contribution in [0.1, 0.15) is 19.8 Å². The number of benzene rings is 1. The average molecular weight is 264 g/mol. The van der Waals surface area contributed by atoms with Gasteiger partial charge in [0.1, 0.15) is 11.3 Å². The fourth-order valence-corrected chi connectivity index (χ4v) is 2.44. The summed E-state index contributed by atoms with van der Waals surface area (Å²) < 4.78 is 10.8. The summed E-state index contributed by atoms with van der Waals surface area (Å²) in [5.41, 5.74) is 5.58.